The summed E-state index contributed by atoms with van der Waals surface area (Å²) in [4.78, 5) is 14.5. The molecule has 3 rings (SSSR count). The smallest absolute Gasteiger partial charge is 0.159 e. The zero-order chi connectivity index (χ0) is 21.1. The number of rotatable bonds is 8. The molecule has 0 amide bonds. The van der Waals surface area contributed by atoms with E-state index >= 15 is 0 Å². The van der Waals surface area contributed by atoms with Crippen LogP contribution in [-0.4, -0.2) is 77.2 Å². The zero-order valence-electron chi connectivity index (χ0n) is 18.0. The molecule has 2 fully saturated rings. The lowest BCUT2D eigenvalue weighted by Gasteiger charge is -2.43. The van der Waals surface area contributed by atoms with E-state index in [2.05, 4.69) is 34.5 Å². The third-order valence-electron chi connectivity index (χ3n) is 6.00. The van der Waals surface area contributed by atoms with Crippen LogP contribution in [0.4, 0.5) is 0 Å². The maximum Gasteiger partial charge on any atom is 0.159 e. The van der Waals surface area contributed by atoms with E-state index in [4.69, 9.17) is 4.74 Å². The van der Waals surface area contributed by atoms with E-state index < -0.39 is 15.4 Å². The molecule has 2 unspecified atom stereocenters. The molecule has 7 heteroatoms. The van der Waals surface area contributed by atoms with E-state index in [1.165, 1.54) is 0 Å². The summed E-state index contributed by atoms with van der Waals surface area (Å²) in [6, 6.07) is 7.18. The zero-order valence-corrected chi connectivity index (χ0v) is 18.8. The largest absolute Gasteiger partial charge is 0.358 e. The van der Waals surface area contributed by atoms with Gasteiger partial charge in [-0.1, -0.05) is 18.6 Å². The van der Waals surface area contributed by atoms with Crippen molar-refractivity contribution in [2.24, 2.45) is 0 Å². The molecular weight excluding hydrogens is 386 g/mol. The number of ketones is 1. The second kappa shape index (κ2) is 9.27. The Morgan fingerprint density at radius 1 is 1.28 bits per heavy atom. The Hall–Kier alpha value is -1.25. The summed E-state index contributed by atoms with van der Waals surface area (Å²) >= 11 is 0. The number of piperidine rings is 1. The molecule has 2 aliphatic rings. The number of unbranched alkanes of at least 4 members (excludes halogenated alkanes) is 1. The lowest BCUT2D eigenvalue weighted by molar-refractivity contribution is -0.0701. The van der Waals surface area contributed by atoms with E-state index in [1.54, 1.807) is 31.2 Å². The SMILES string of the molecule is C=S(=O)(c1ccc(C(C)=O)cc1)N1C(CCCCN(C)C)COC12CCNCC2. The van der Waals surface area contributed by atoms with Crippen LogP contribution in [0, 0.1) is 0 Å². The molecular formula is C22H35N3O3S. The first-order chi connectivity index (χ1) is 13.8. The summed E-state index contributed by atoms with van der Waals surface area (Å²) in [7, 11) is 1.44. The van der Waals surface area contributed by atoms with Gasteiger partial charge in [0.25, 0.3) is 0 Å². The molecule has 0 aliphatic carbocycles. The van der Waals surface area contributed by atoms with Crippen LogP contribution >= 0.6 is 0 Å². The van der Waals surface area contributed by atoms with Gasteiger partial charge >= 0.3 is 0 Å². The molecule has 1 spiro atoms. The molecule has 29 heavy (non-hydrogen) atoms. The predicted molar refractivity (Wildman–Crippen MR) is 119 cm³/mol. The standard InChI is InChI=1S/C22H35N3O3S/c1-18(26)19-8-10-21(11-9-19)29(4,27)25-20(7-5-6-16-24(2)3)17-28-22(25)12-14-23-15-13-22/h8-11,20,23H,4-7,12-17H2,1-3H3. The Labute approximate surface area is 175 Å². The Kier molecular flexibility index (Phi) is 7.17. The molecule has 2 saturated heterocycles. The van der Waals surface area contributed by atoms with Crippen LogP contribution in [0.15, 0.2) is 29.2 Å². The number of hydrogen-bond donors (Lipinski definition) is 1. The van der Waals surface area contributed by atoms with Crippen molar-refractivity contribution < 1.29 is 13.7 Å². The summed E-state index contributed by atoms with van der Waals surface area (Å²) in [5, 5.41) is 3.38. The molecule has 1 aromatic carbocycles. The highest BCUT2D eigenvalue weighted by Gasteiger charge is 2.51. The average Bonchev–Trinajstić information content (AvgIpc) is 3.04. The molecule has 0 bridgehead atoms. The van der Waals surface area contributed by atoms with Gasteiger partial charge in [-0.2, -0.15) is 4.31 Å². The van der Waals surface area contributed by atoms with Crippen LogP contribution in [0.5, 0.6) is 0 Å². The van der Waals surface area contributed by atoms with Crippen LogP contribution in [0.1, 0.15) is 49.4 Å². The van der Waals surface area contributed by atoms with Gasteiger partial charge in [-0.15, -0.1) is 0 Å². The first-order valence-electron chi connectivity index (χ1n) is 10.5. The number of nitrogens with zero attached hydrogens (tertiary/aromatic N) is 2. The fourth-order valence-electron chi connectivity index (χ4n) is 4.43. The van der Waals surface area contributed by atoms with Gasteiger partial charge in [0.1, 0.15) is 5.72 Å². The normalized spacial score (nSPS) is 24.1. The van der Waals surface area contributed by atoms with Gasteiger partial charge < -0.3 is 15.0 Å². The first kappa shape index (κ1) is 22.4. The lowest BCUT2D eigenvalue weighted by Crippen LogP contribution is -2.56. The van der Waals surface area contributed by atoms with Crippen molar-refractivity contribution >= 4 is 21.4 Å². The van der Waals surface area contributed by atoms with E-state index in [-0.39, 0.29) is 11.8 Å². The van der Waals surface area contributed by atoms with Crippen molar-refractivity contribution in [1.29, 1.82) is 0 Å². The number of hydrogen-bond acceptors (Lipinski definition) is 5. The maximum atomic E-state index is 14.1. The minimum Gasteiger partial charge on any atom is -0.358 e. The van der Waals surface area contributed by atoms with Crippen molar-refractivity contribution in [1.82, 2.24) is 14.5 Å². The molecule has 2 aliphatic heterocycles. The van der Waals surface area contributed by atoms with Crippen LogP contribution in [0.25, 0.3) is 0 Å². The minimum atomic E-state index is -2.73. The van der Waals surface area contributed by atoms with Crippen LogP contribution in [0.2, 0.25) is 0 Å². The summed E-state index contributed by atoms with van der Waals surface area (Å²) in [6.07, 6.45) is 4.73. The van der Waals surface area contributed by atoms with Gasteiger partial charge in [0.05, 0.1) is 16.3 Å². The second-order valence-corrected chi connectivity index (χ2v) is 10.7. The van der Waals surface area contributed by atoms with Crippen molar-refractivity contribution in [3.05, 3.63) is 29.8 Å². The Morgan fingerprint density at radius 3 is 2.52 bits per heavy atom. The van der Waals surface area contributed by atoms with Gasteiger partial charge in [-0.25, -0.2) is 4.21 Å². The van der Waals surface area contributed by atoms with Gasteiger partial charge in [-0.05, 0) is 71.5 Å². The highest BCUT2D eigenvalue weighted by atomic mass is 32.2. The maximum absolute atomic E-state index is 14.1. The minimum absolute atomic E-state index is 0.00482. The van der Waals surface area contributed by atoms with E-state index in [0.717, 1.165) is 51.7 Å². The quantitative estimate of drug-likeness (QED) is 0.397. The third-order valence-corrected chi connectivity index (χ3v) is 8.28. The molecule has 1 N–H and O–H groups in total. The Balaban J connectivity index is 1.86. The second-order valence-electron chi connectivity index (χ2n) is 8.51. The predicted octanol–water partition coefficient (Wildman–Crippen LogP) is 2.39. The number of ether oxygens (including phenoxy) is 1. The van der Waals surface area contributed by atoms with Gasteiger partial charge in [0, 0.05) is 29.3 Å². The van der Waals surface area contributed by atoms with E-state index in [9.17, 15) is 9.00 Å². The lowest BCUT2D eigenvalue weighted by atomic mass is 10.0. The molecule has 162 valence electrons. The summed E-state index contributed by atoms with van der Waals surface area (Å²) in [6.45, 7) is 4.89. The van der Waals surface area contributed by atoms with Crippen LogP contribution in [0.3, 0.4) is 0 Å². The summed E-state index contributed by atoms with van der Waals surface area (Å²) < 4.78 is 22.6. The molecule has 0 aromatic heterocycles. The van der Waals surface area contributed by atoms with Crippen molar-refractivity contribution in [2.45, 2.75) is 55.7 Å². The molecule has 0 radical (unpaired) electrons. The fraction of sp³-hybridized carbons (Fsp3) is 0.636. The summed E-state index contributed by atoms with van der Waals surface area (Å²) in [5.74, 6) is 4.22. The van der Waals surface area contributed by atoms with Crippen LogP contribution < -0.4 is 5.32 Å². The highest BCUT2D eigenvalue weighted by Crippen LogP contribution is 2.41. The molecule has 2 atom stereocenters. The number of nitrogens with one attached hydrogen (secondary N) is 1. The fourth-order valence-corrected chi connectivity index (χ4v) is 6.64. The average molecular weight is 422 g/mol. The van der Waals surface area contributed by atoms with Gasteiger partial charge in [0.2, 0.25) is 0 Å². The van der Waals surface area contributed by atoms with Crippen molar-refractivity contribution in [3.63, 3.8) is 0 Å². The Bertz CT molecular complexity index is 799. The molecule has 0 saturated carbocycles. The number of carbonyl (C=O) groups is 1. The van der Waals surface area contributed by atoms with Gasteiger partial charge in [-0.3, -0.25) is 4.79 Å². The monoisotopic (exact) mass is 421 g/mol. The number of benzene rings is 1. The van der Waals surface area contributed by atoms with E-state index in [1.807, 2.05) is 0 Å². The number of Topliss-reactive ketones (excluding diaryl/α,β-unsaturated/α-hetero) is 1. The van der Waals surface area contributed by atoms with Crippen molar-refractivity contribution in [3.8, 4) is 0 Å². The topological polar surface area (TPSA) is 61.9 Å². The molecule has 1 aromatic rings. The highest BCUT2D eigenvalue weighted by molar-refractivity contribution is 7.98. The first-order valence-corrected chi connectivity index (χ1v) is 12.2. The van der Waals surface area contributed by atoms with Crippen molar-refractivity contribution in [2.75, 3.05) is 40.3 Å². The van der Waals surface area contributed by atoms with Gasteiger partial charge in [0.15, 0.2) is 5.78 Å². The molecule has 2 heterocycles. The Morgan fingerprint density at radius 2 is 1.93 bits per heavy atom. The third kappa shape index (κ3) is 4.91. The van der Waals surface area contributed by atoms with Crippen LogP contribution in [-0.2, 0) is 14.4 Å². The molecule has 6 nitrogen and oxygen atoms in total. The number of carbonyl (C=O) groups excluding carboxylic acids is 1. The summed E-state index contributed by atoms with van der Waals surface area (Å²) in [5.41, 5.74) is 0.105. The van der Waals surface area contributed by atoms with E-state index in [0.29, 0.717) is 17.1 Å².